The van der Waals surface area contributed by atoms with E-state index >= 15 is 0 Å². The number of ether oxygens (including phenoxy) is 1. The molecule has 1 N–H and O–H groups in total. The second kappa shape index (κ2) is 8.91. The third kappa shape index (κ3) is 4.99. The quantitative estimate of drug-likeness (QED) is 0.720. The van der Waals surface area contributed by atoms with Crippen LogP contribution in [0.4, 0.5) is 0 Å². The summed E-state index contributed by atoms with van der Waals surface area (Å²) in [6, 6.07) is 13.5. The van der Waals surface area contributed by atoms with Crippen molar-refractivity contribution in [3.8, 4) is 5.75 Å². The van der Waals surface area contributed by atoms with Crippen LogP contribution < -0.4 is 10.1 Å². The lowest BCUT2D eigenvalue weighted by atomic mass is 9.99. The third-order valence-electron chi connectivity index (χ3n) is 4.43. The molecule has 0 unspecified atom stereocenters. The minimum absolute atomic E-state index is 0.0318. The molecule has 2 aromatic carbocycles. The highest BCUT2D eigenvalue weighted by atomic mass is 35.5. The van der Waals surface area contributed by atoms with Crippen LogP contribution in [0.3, 0.4) is 0 Å². The van der Waals surface area contributed by atoms with Crippen LogP contribution in [-0.4, -0.2) is 12.0 Å². The molecular weight excluding hydrogens is 334 g/mol. The molecule has 134 valence electrons. The Hall–Kier alpha value is -2.00. The molecule has 2 rings (SSSR count). The van der Waals surface area contributed by atoms with Crippen molar-refractivity contribution < 1.29 is 9.53 Å². The van der Waals surface area contributed by atoms with E-state index in [1.54, 1.807) is 12.1 Å². The van der Waals surface area contributed by atoms with E-state index in [1.165, 1.54) is 11.1 Å². The van der Waals surface area contributed by atoms with E-state index < -0.39 is 6.10 Å². The summed E-state index contributed by atoms with van der Waals surface area (Å²) < 4.78 is 5.84. The van der Waals surface area contributed by atoms with Gasteiger partial charge in [0.2, 0.25) is 0 Å². The Balaban J connectivity index is 2.11. The molecule has 0 aromatic heterocycles. The molecule has 0 aliphatic rings. The van der Waals surface area contributed by atoms with E-state index in [1.807, 2.05) is 19.1 Å². The summed E-state index contributed by atoms with van der Waals surface area (Å²) in [7, 11) is 0. The molecule has 0 aliphatic heterocycles. The van der Waals surface area contributed by atoms with Crippen LogP contribution >= 0.6 is 11.6 Å². The van der Waals surface area contributed by atoms with Gasteiger partial charge in [0.05, 0.1) is 11.1 Å². The Morgan fingerprint density at radius 1 is 1.08 bits per heavy atom. The predicted octanol–water partition coefficient (Wildman–Crippen LogP) is 5.38. The maximum atomic E-state index is 12.7. The number of hydrogen-bond donors (Lipinski definition) is 1. The van der Waals surface area contributed by atoms with Gasteiger partial charge in [0.15, 0.2) is 6.10 Å². The van der Waals surface area contributed by atoms with E-state index in [-0.39, 0.29) is 11.9 Å². The molecule has 4 heteroatoms. The Morgan fingerprint density at radius 2 is 1.80 bits per heavy atom. The summed E-state index contributed by atoms with van der Waals surface area (Å²) in [5, 5.41) is 3.62. The first kappa shape index (κ1) is 19.3. The van der Waals surface area contributed by atoms with Crippen LogP contribution in [0.15, 0.2) is 42.5 Å². The van der Waals surface area contributed by atoms with Gasteiger partial charge in [-0.15, -0.1) is 0 Å². The van der Waals surface area contributed by atoms with Gasteiger partial charge in [-0.25, -0.2) is 0 Å². The summed E-state index contributed by atoms with van der Waals surface area (Å²) in [4.78, 5) is 12.7. The number of para-hydroxylation sites is 1. The topological polar surface area (TPSA) is 38.3 Å². The van der Waals surface area contributed by atoms with Crippen molar-refractivity contribution in [1.29, 1.82) is 0 Å². The van der Waals surface area contributed by atoms with Crippen molar-refractivity contribution >= 4 is 17.5 Å². The van der Waals surface area contributed by atoms with Crippen LogP contribution in [0.5, 0.6) is 5.75 Å². The summed E-state index contributed by atoms with van der Waals surface area (Å²) in [6.07, 6.45) is 0.817. The van der Waals surface area contributed by atoms with Gasteiger partial charge in [-0.3, -0.25) is 4.79 Å². The van der Waals surface area contributed by atoms with E-state index in [0.29, 0.717) is 17.2 Å². The average molecular weight is 360 g/mol. The zero-order valence-corrected chi connectivity index (χ0v) is 16.1. The molecule has 0 radical (unpaired) electrons. The van der Waals surface area contributed by atoms with Crippen molar-refractivity contribution in [3.63, 3.8) is 0 Å². The Kier molecular flexibility index (Phi) is 6.89. The second-order valence-electron chi connectivity index (χ2n) is 6.26. The smallest absolute Gasteiger partial charge is 0.261 e. The zero-order chi connectivity index (χ0) is 18.4. The molecule has 2 atom stereocenters. The van der Waals surface area contributed by atoms with Crippen molar-refractivity contribution in [2.45, 2.75) is 52.7 Å². The van der Waals surface area contributed by atoms with Crippen LogP contribution in [0.1, 0.15) is 49.4 Å². The summed E-state index contributed by atoms with van der Waals surface area (Å²) in [6.45, 7) is 8.17. The van der Waals surface area contributed by atoms with Gasteiger partial charge in [-0.1, -0.05) is 55.8 Å². The molecule has 0 spiro atoms. The number of hydrogen-bond acceptors (Lipinski definition) is 2. The summed E-state index contributed by atoms with van der Waals surface area (Å²) in [5.41, 5.74) is 3.59. The normalized spacial score (nSPS) is 13.2. The molecule has 2 aromatic rings. The minimum Gasteiger partial charge on any atom is -0.479 e. The van der Waals surface area contributed by atoms with E-state index in [0.717, 1.165) is 12.0 Å². The van der Waals surface area contributed by atoms with Crippen LogP contribution in [0.25, 0.3) is 0 Å². The first-order valence-corrected chi connectivity index (χ1v) is 9.12. The highest BCUT2D eigenvalue weighted by molar-refractivity contribution is 6.32. The number of carbonyl (C=O) groups excluding carboxylic acids is 1. The van der Waals surface area contributed by atoms with Crippen LogP contribution in [-0.2, 0) is 4.79 Å². The molecule has 0 saturated carbocycles. The zero-order valence-electron chi connectivity index (χ0n) is 15.3. The molecule has 0 fully saturated rings. The molecule has 1 amide bonds. The highest BCUT2D eigenvalue weighted by Crippen LogP contribution is 2.25. The minimum atomic E-state index is -0.569. The fraction of sp³-hybridized carbons (Fsp3) is 0.381. The van der Waals surface area contributed by atoms with Crippen molar-refractivity contribution in [3.05, 3.63) is 64.2 Å². The lowest BCUT2D eigenvalue weighted by Gasteiger charge is -2.23. The lowest BCUT2D eigenvalue weighted by molar-refractivity contribution is -0.128. The lowest BCUT2D eigenvalue weighted by Crippen LogP contribution is -2.40. The van der Waals surface area contributed by atoms with E-state index in [2.05, 4.69) is 44.3 Å². The Labute approximate surface area is 155 Å². The van der Waals surface area contributed by atoms with Crippen molar-refractivity contribution in [1.82, 2.24) is 5.32 Å². The van der Waals surface area contributed by atoms with Crippen molar-refractivity contribution in [2.75, 3.05) is 0 Å². The number of benzene rings is 2. The number of aryl methyl sites for hydroxylation is 2. The summed E-state index contributed by atoms with van der Waals surface area (Å²) >= 11 is 6.13. The van der Waals surface area contributed by atoms with Gasteiger partial charge >= 0.3 is 0 Å². The molecule has 3 nitrogen and oxygen atoms in total. The molecular formula is C21H26ClNO2. The standard InChI is InChI=1S/C21H26ClNO2/c1-5-18(16-12-11-14(3)15(4)13-16)23-21(24)19(6-2)25-20-10-8-7-9-17(20)22/h7-13,18-19H,5-6H2,1-4H3,(H,23,24)/t18-,19-/m1/s1. The Morgan fingerprint density at radius 3 is 2.40 bits per heavy atom. The second-order valence-corrected chi connectivity index (χ2v) is 6.67. The number of carbonyl (C=O) groups is 1. The number of halogens is 1. The Bertz CT molecular complexity index is 730. The van der Waals surface area contributed by atoms with Gasteiger partial charge in [0.1, 0.15) is 5.75 Å². The average Bonchev–Trinajstić information content (AvgIpc) is 2.61. The van der Waals surface area contributed by atoms with Gasteiger partial charge in [-0.05, 0) is 55.5 Å². The maximum Gasteiger partial charge on any atom is 0.261 e. The number of amides is 1. The largest absolute Gasteiger partial charge is 0.479 e. The fourth-order valence-electron chi connectivity index (χ4n) is 2.68. The van der Waals surface area contributed by atoms with Gasteiger partial charge in [0, 0.05) is 0 Å². The van der Waals surface area contributed by atoms with E-state index in [4.69, 9.17) is 16.3 Å². The predicted molar refractivity (Wildman–Crippen MR) is 103 cm³/mol. The van der Waals surface area contributed by atoms with Gasteiger partial charge in [0.25, 0.3) is 5.91 Å². The highest BCUT2D eigenvalue weighted by Gasteiger charge is 2.22. The number of nitrogens with one attached hydrogen (secondary N) is 1. The fourth-order valence-corrected chi connectivity index (χ4v) is 2.86. The van der Waals surface area contributed by atoms with Crippen molar-refractivity contribution in [2.24, 2.45) is 0 Å². The van der Waals surface area contributed by atoms with Gasteiger partial charge < -0.3 is 10.1 Å². The van der Waals surface area contributed by atoms with Gasteiger partial charge in [-0.2, -0.15) is 0 Å². The maximum absolute atomic E-state index is 12.7. The summed E-state index contributed by atoms with van der Waals surface area (Å²) in [5.74, 6) is 0.415. The van der Waals surface area contributed by atoms with E-state index in [9.17, 15) is 4.79 Å². The number of rotatable bonds is 7. The molecule has 0 heterocycles. The van der Waals surface area contributed by atoms with Crippen LogP contribution in [0, 0.1) is 13.8 Å². The third-order valence-corrected chi connectivity index (χ3v) is 4.74. The molecule has 25 heavy (non-hydrogen) atoms. The monoisotopic (exact) mass is 359 g/mol. The molecule has 0 saturated heterocycles. The SMILES string of the molecule is CC[C@@H](Oc1ccccc1Cl)C(=O)N[C@H](CC)c1ccc(C)c(C)c1. The van der Waals surface area contributed by atoms with Crippen LogP contribution in [0.2, 0.25) is 5.02 Å². The molecule has 0 aliphatic carbocycles. The first-order chi connectivity index (χ1) is 12.0. The molecule has 0 bridgehead atoms. The first-order valence-electron chi connectivity index (χ1n) is 8.75.